The number of rotatable bonds is 2. The Kier molecular flexibility index (Phi) is 2.37. The van der Waals surface area contributed by atoms with E-state index in [1.54, 1.807) is 10.7 Å². The summed E-state index contributed by atoms with van der Waals surface area (Å²) in [5, 5.41) is 4.59. The fourth-order valence-corrected chi connectivity index (χ4v) is 1.59. The molecule has 0 spiro atoms. The molecule has 2 aromatic heterocycles. The fourth-order valence-electron chi connectivity index (χ4n) is 1.36. The molecule has 74 valence electrons. The van der Waals surface area contributed by atoms with E-state index in [1.807, 2.05) is 0 Å². The van der Waals surface area contributed by atoms with Crippen LogP contribution in [0.25, 0.3) is 5.52 Å². The lowest BCUT2D eigenvalue weighted by molar-refractivity contribution is 0.607. The lowest BCUT2D eigenvalue weighted by Gasteiger charge is -2.01. The van der Waals surface area contributed by atoms with E-state index in [1.165, 1.54) is 6.33 Å². The van der Waals surface area contributed by atoms with Crippen LogP contribution in [-0.2, 0) is 6.42 Å². The average Bonchev–Trinajstić information content (AvgIpc) is 2.44. The van der Waals surface area contributed by atoms with Crippen molar-refractivity contribution in [3.63, 3.8) is 0 Å². The van der Waals surface area contributed by atoms with Crippen molar-refractivity contribution in [3.05, 3.63) is 23.5 Å². The zero-order chi connectivity index (χ0) is 10.1. The van der Waals surface area contributed by atoms with Crippen molar-refractivity contribution >= 4 is 17.1 Å². The van der Waals surface area contributed by atoms with Crippen molar-refractivity contribution < 1.29 is 0 Å². The van der Waals surface area contributed by atoms with E-state index in [2.05, 4.69) is 28.9 Å². The van der Waals surface area contributed by atoms with E-state index in [0.717, 1.165) is 17.8 Å². The number of nitrogens with zero attached hydrogens (tertiary/aromatic N) is 4. The molecule has 0 radical (unpaired) electrons. The first kappa shape index (κ1) is 9.40. The number of fused-ring (bicyclic) bond motifs is 1. The number of halogens is 1. The van der Waals surface area contributed by atoms with Gasteiger partial charge >= 0.3 is 0 Å². The highest BCUT2D eigenvalue weighted by Gasteiger charge is 2.10. The molecule has 0 aliphatic carbocycles. The first-order chi connectivity index (χ1) is 6.68. The summed E-state index contributed by atoms with van der Waals surface area (Å²) in [5.74, 6) is 1.43. The van der Waals surface area contributed by atoms with Crippen molar-refractivity contribution in [2.75, 3.05) is 0 Å². The third-order valence-electron chi connectivity index (χ3n) is 1.93. The van der Waals surface area contributed by atoms with Gasteiger partial charge in [0.1, 0.15) is 17.7 Å². The molecular formula is C9H11ClN4. The second kappa shape index (κ2) is 3.53. The molecule has 0 N–H and O–H groups in total. The standard InChI is InChI=1S/C9H11ClN4/c1-6(2)3-8-13-9(10)7-4-11-5-12-14(7)8/h4-6H,3H2,1-2H3. The highest BCUT2D eigenvalue weighted by atomic mass is 35.5. The Balaban J connectivity index is 2.55. The molecule has 0 aromatic carbocycles. The van der Waals surface area contributed by atoms with E-state index < -0.39 is 0 Å². The Bertz CT molecular complexity index is 449. The normalized spacial score (nSPS) is 11.4. The van der Waals surface area contributed by atoms with Crippen LogP contribution in [0.2, 0.25) is 5.15 Å². The van der Waals surface area contributed by atoms with Crippen LogP contribution in [0.3, 0.4) is 0 Å². The molecule has 0 aliphatic heterocycles. The Morgan fingerprint density at radius 1 is 1.50 bits per heavy atom. The number of imidazole rings is 1. The minimum Gasteiger partial charge on any atom is -0.241 e. The molecule has 0 saturated carbocycles. The molecule has 2 rings (SSSR count). The molecule has 14 heavy (non-hydrogen) atoms. The first-order valence-electron chi connectivity index (χ1n) is 4.51. The molecule has 0 saturated heterocycles. The van der Waals surface area contributed by atoms with Crippen LogP contribution in [0.15, 0.2) is 12.5 Å². The molecule has 2 aromatic rings. The van der Waals surface area contributed by atoms with Gasteiger partial charge in [0, 0.05) is 6.42 Å². The van der Waals surface area contributed by atoms with Crippen molar-refractivity contribution in [3.8, 4) is 0 Å². The second-order valence-electron chi connectivity index (χ2n) is 3.62. The van der Waals surface area contributed by atoms with Crippen molar-refractivity contribution in [1.82, 2.24) is 19.6 Å². The number of aromatic nitrogens is 4. The van der Waals surface area contributed by atoms with Crippen LogP contribution in [0, 0.1) is 5.92 Å². The summed E-state index contributed by atoms with van der Waals surface area (Å²) in [6.07, 6.45) is 4.03. The maximum absolute atomic E-state index is 5.95. The Labute approximate surface area is 86.9 Å². The molecule has 0 aliphatic rings. The number of hydrogen-bond donors (Lipinski definition) is 0. The zero-order valence-corrected chi connectivity index (χ0v) is 8.86. The van der Waals surface area contributed by atoms with Crippen molar-refractivity contribution in [2.24, 2.45) is 5.92 Å². The predicted octanol–water partition coefficient (Wildman–Crippen LogP) is 1.98. The van der Waals surface area contributed by atoms with Crippen LogP contribution < -0.4 is 0 Å². The van der Waals surface area contributed by atoms with Gasteiger partial charge in [0.05, 0.1) is 6.20 Å². The van der Waals surface area contributed by atoms with Crippen molar-refractivity contribution in [1.29, 1.82) is 0 Å². The maximum Gasteiger partial charge on any atom is 0.158 e. The van der Waals surface area contributed by atoms with Gasteiger partial charge in [0.25, 0.3) is 0 Å². The summed E-state index contributed by atoms with van der Waals surface area (Å²) in [7, 11) is 0. The van der Waals surface area contributed by atoms with E-state index in [9.17, 15) is 0 Å². The van der Waals surface area contributed by atoms with E-state index >= 15 is 0 Å². The fraction of sp³-hybridized carbons (Fsp3) is 0.444. The van der Waals surface area contributed by atoms with Crippen molar-refractivity contribution in [2.45, 2.75) is 20.3 Å². The summed E-state index contributed by atoms with van der Waals surface area (Å²) in [4.78, 5) is 8.17. The van der Waals surface area contributed by atoms with Gasteiger partial charge in [-0.3, -0.25) is 0 Å². The average molecular weight is 211 g/mol. The highest BCUT2D eigenvalue weighted by Crippen LogP contribution is 2.17. The van der Waals surface area contributed by atoms with Gasteiger partial charge in [0.15, 0.2) is 5.15 Å². The smallest absolute Gasteiger partial charge is 0.158 e. The van der Waals surface area contributed by atoms with Gasteiger partial charge in [-0.05, 0) is 5.92 Å². The molecule has 0 unspecified atom stereocenters. The molecule has 0 fully saturated rings. The van der Waals surface area contributed by atoms with Gasteiger partial charge in [-0.2, -0.15) is 5.10 Å². The lowest BCUT2D eigenvalue weighted by atomic mass is 10.1. The van der Waals surface area contributed by atoms with Gasteiger partial charge < -0.3 is 0 Å². The minimum atomic E-state index is 0.473. The summed E-state index contributed by atoms with van der Waals surface area (Å²) >= 11 is 5.95. The quantitative estimate of drug-likeness (QED) is 0.761. The number of hydrogen-bond acceptors (Lipinski definition) is 3. The minimum absolute atomic E-state index is 0.473. The molecular weight excluding hydrogens is 200 g/mol. The Morgan fingerprint density at radius 2 is 2.29 bits per heavy atom. The van der Waals surface area contributed by atoms with Gasteiger partial charge in [-0.25, -0.2) is 14.5 Å². The van der Waals surface area contributed by atoms with Crippen LogP contribution in [0.5, 0.6) is 0 Å². The zero-order valence-electron chi connectivity index (χ0n) is 8.11. The molecule has 2 heterocycles. The maximum atomic E-state index is 5.95. The third-order valence-corrected chi connectivity index (χ3v) is 2.21. The van der Waals surface area contributed by atoms with Gasteiger partial charge in [-0.15, -0.1) is 0 Å². The third kappa shape index (κ3) is 1.57. The molecule has 4 nitrogen and oxygen atoms in total. The highest BCUT2D eigenvalue weighted by molar-refractivity contribution is 6.32. The monoisotopic (exact) mass is 210 g/mol. The second-order valence-corrected chi connectivity index (χ2v) is 3.98. The van der Waals surface area contributed by atoms with Crippen LogP contribution in [-0.4, -0.2) is 19.6 Å². The molecule has 0 bridgehead atoms. The predicted molar refractivity (Wildman–Crippen MR) is 54.3 cm³/mol. The van der Waals surface area contributed by atoms with Crippen LogP contribution in [0.4, 0.5) is 0 Å². The Morgan fingerprint density at radius 3 is 3.00 bits per heavy atom. The molecule has 5 heteroatoms. The Hall–Kier alpha value is -1.16. The van der Waals surface area contributed by atoms with Gasteiger partial charge in [0.2, 0.25) is 0 Å². The van der Waals surface area contributed by atoms with E-state index in [4.69, 9.17) is 11.6 Å². The first-order valence-corrected chi connectivity index (χ1v) is 4.89. The van der Waals surface area contributed by atoms with Crippen LogP contribution >= 0.6 is 11.6 Å². The summed E-state index contributed by atoms with van der Waals surface area (Å²) < 4.78 is 1.75. The SMILES string of the molecule is CC(C)Cc1nc(Cl)c2cncnn12. The summed E-state index contributed by atoms with van der Waals surface area (Å²) in [6.45, 7) is 4.27. The summed E-state index contributed by atoms with van der Waals surface area (Å²) in [5.41, 5.74) is 0.768. The molecule has 0 amide bonds. The lowest BCUT2D eigenvalue weighted by Crippen LogP contribution is -2.02. The largest absolute Gasteiger partial charge is 0.241 e. The topological polar surface area (TPSA) is 43.1 Å². The van der Waals surface area contributed by atoms with Gasteiger partial charge in [-0.1, -0.05) is 25.4 Å². The van der Waals surface area contributed by atoms with E-state index in [-0.39, 0.29) is 0 Å². The summed E-state index contributed by atoms with van der Waals surface area (Å²) in [6, 6.07) is 0. The molecule has 0 atom stereocenters. The van der Waals surface area contributed by atoms with Crippen LogP contribution in [0.1, 0.15) is 19.7 Å². The van der Waals surface area contributed by atoms with E-state index in [0.29, 0.717) is 11.1 Å².